The van der Waals surface area contributed by atoms with Crippen LogP contribution in [0.5, 0.6) is 0 Å². The van der Waals surface area contributed by atoms with Crippen LogP contribution in [0.4, 0.5) is 11.8 Å². The van der Waals surface area contributed by atoms with Crippen molar-refractivity contribution >= 4 is 11.8 Å². The molecular formula is C9H15N5. The lowest BCUT2D eigenvalue weighted by Gasteiger charge is -2.31. The predicted octanol–water partition coefficient (Wildman–Crippen LogP) is -0.0137. The SMILES string of the molecule is Nc1nccc(N2CCCC(N)C2)n1. The van der Waals surface area contributed by atoms with Crippen molar-refractivity contribution in [3.63, 3.8) is 0 Å². The van der Waals surface area contributed by atoms with E-state index in [0.29, 0.717) is 5.95 Å². The zero-order valence-electron chi connectivity index (χ0n) is 8.06. The number of hydrogen-bond acceptors (Lipinski definition) is 5. The smallest absolute Gasteiger partial charge is 0.221 e. The third-order valence-electron chi connectivity index (χ3n) is 2.44. The van der Waals surface area contributed by atoms with Gasteiger partial charge in [-0.15, -0.1) is 0 Å². The molecule has 1 aromatic rings. The van der Waals surface area contributed by atoms with Gasteiger partial charge in [0.15, 0.2) is 0 Å². The van der Waals surface area contributed by atoms with Crippen molar-refractivity contribution in [2.75, 3.05) is 23.7 Å². The maximum Gasteiger partial charge on any atom is 0.221 e. The largest absolute Gasteiger partial charge is 0.368 e. The van der Waals surface area contributed by atoms with Gasteiger partial charge in [0.05, 0.1) is 0 Å². The van der Waals surface area contributed by atoms with Crippen LogP contribution in [0.2, 0.25) is 0 Å². The number of rotatable bonds is 1. The van der Waals surface area contributed by atoms with Gasteiger partial charge in [0.25, 0.3) is 0 Å². The van der Waals surface area contributed by atoms with Crippen molar-refractivity contribution in [2.24, 2.45) is 5.73 Å². The fourth-order valence-corrected chi connectivity index (χ4v) is 1.76. The summed E-state index contributed by atoms with van der Waals surface area (Å²) in [5, 5.41) is 0. The number of hydrogen-bond donors (Lipinski definition) is 2. The van der Waals surface area contributed by atoms with E-state index in [2.05, 4.69) is 14.9 Å². The summed E-state index contributed by atoms with van der Waals surface area (Å²) in [5.74, 6) is 1.20. The summed E-state index contributed by atoms with van der Waals surface area (Å²) < 4.78 is 0. The molecule has 0 aliphatic carbocycles. The van der Waals surface area contributed by atoms with E-state index in [4.69, 9.17) is 11.5 Å². The normalized spacial score (nSPS) is 22.4. The van der Waals surface area contributed by atoms with E-state index in [1.807, 2.05) is 6.07 Å². The van der Waals surface area contributed by atoms with Gasteiger partial charge in [0, 0.05) is 25.3 Å². The molecule has 14 heavy (non-hydrogen) atoms. The molecule has 1 atom stereocenters. The van der Waals surface area contributed by atoms with E-state index in [-0.39, 0.29) is 6.04 Å². The Hall–Kier alpha value is -1.36. The fourth-order valence-electron chi connectivity index (χ4n) is 1.76. The Kier molecular flexibility index (Phi) is 2.49. The van der Waals surface area contributed by atoms with E-state index < -0.39 is 0 Å². The Morgan fingerprint density at radius 3 is 3.07 bits per heavy atom. The van der Waals surface area contributed by atoms with Crippen LogP contribution in [0.15, 0.2) is 12.3 Å². The average molecular weight is 193 g/mol. The Labute approximate surface area is 83.1 Å². The van der Waals surface area contributed by atoms with Gasteiger partial charge in [-0.2, -0.15) is 4.98 Å². The van der Waals surface area contributed by atoms with Crippen LogP contribution in [0, 0.1) is 0 Å². The van der Waals surface area contributed by atoms with E-state index in [9.17, 15) is 0 Å². The maximum atomic E-state index is 5.88. The summed E-state index contributed by atoms with van der Waals surface area (Å²) in [5.41, 5.74) is 11.4. The fraction of sp³-hybridized carbons (Fsp3) is 0.556. The molecule has 76 valence electrons. The molecule has 2 heterocycles. The first-order valence-electron chi connectivity index (χ1n) is 4.85. The third-order valence-corrected chi connectivity index (χ3v) is 2.44. The molecule has 4 N–H and O–H groups in total. The van der Waals surface area contributed by atoms with Crippen LogP contribution in [0.1, 0.15) is 12.8 Å². The van der Waals surface area contributed by atoms with Gasteiger partial charge < -0.3 is 16.4 Å². The third kappa shape index (κ3) is 1.93. The summed E-state index contributed by atoms with van der Waals surface area (Å²) in [4.78, 5) is 10.2. The highest BCUT2D eigenvalue weighted by Crippen LogP contribution is 2.16. The van der Waals surface area contributed by atoms with Crippen LogP contribution in [-0.4, -0.2) is 29.1 Å². The summed E-state index contributed by atoms with van der Waals surface area (Å²) in [6.45, 7) is 1.86. The second kappa shape index (κ2) is 3.79. The number of nitrogens with two attached hydrogens (primary N) is 2. The quantitative estimate of drug-likeness (QED) is 0.655. The molecule has 0 radical (unpaired) electrons. The summed E-state index contributed by atoms with van der Waals surface area (Å²) in [6, 6.07) is 2.12. The van der Waals surface area contributed by atoms with E-state index in [1.54, 1.807) is 6.20 Å². The Morgan fingerprint density at radius 1 is 1.50 bits per heavy atom. The van der Waals surface area contributed by atoms with Crippen molar-refractivity contribution in [3.8, 4) is 0 Å². The molecule has 2 rings (SSSR count). The molecule has 0 amide bonds. The lowest BCUT2D eigenvalue weighted by molar-refractivity contribution is 0.503. The van der Waals surface area contributed by atoms with Gasteiger partial charge in [-0.3, -0.25) is 0 Å². The Morgan fingerprint density at radius 2 is 2.36 bits per heavy atom. The molecule has 5 nitrogen and oxygen atoms in total. The van der Waals surface area contributed by atoms with Crippen LogP contribution >= 0.6 is 0 Å². The van der Waals surface area contributed by atoms with Crippen LogP contribution < -0.4 is 16.4 Å². The molecule has 0 spiro atoms. The number of piperidine rings is 1. The number of aromatic nitrogens is 2. The minimum Gasteiger partial charge on any atom is -0.368 e. The zero-order chi connectivity index (χ0) is 9.97. The van der Waals surface area contributed by atoms with Gasteiger partial charge in [-0.05, 0) is 18.9 Å². The van der Waals surface area contributed by atoms with Crippen molar-refractivity contribution in [1.29, 1.82) is 0 Å². The second-order valence-electron chi connectivity index (χ2n) is 3.62. The standard InChI is InChI=1S/C9H15N5/c10-7-2-1-5-14(6-7)8-3-4-12-9(11)13-8/h3-4,7H,1-2,5-6,10H2,(H2,11,12,13). The highest BCUT2D eigenvalue weighted by molar-refractivity contribution is 5.41. The Bertz CT molecular complexity index is 314. The first kappa shape index (κ1) is 9.21. The Balaban J connectivity index is 2.14. The molecule has 1 unspecified atom stereocenters. The highest BCUT2D eigenvalue weighted by Gasteiger charge is 2.17. The number of nitrogens with zero attached hydrogens (tertiary/aromatic N) is 3. The van der Waals surface area contributed by atoms with Gasteiger partial charge in [0.1, 0.15) is 5.82 Å². The van der Waals surface area contributed by atoms with Crippen LogP contribution in [-0.2, 0) is 0 Å². The molecule has 1 aliphatic rings. The molecule has 1 aromatic heterocycles. The van der Waals surface area contributed by atoms with E-state index in [0.717, 1.165) is 31.7 Å². The number of nitrogen functional groups attached to an aromatic ring is 1. The molecule has 0 aromatic carbocycles. The molecular weight excluding hydrogens is 178 g/mol. The lowest BCUT2D eigenvalue weighted by atomic mass is 10.1. The molecule has 0 saturated carbocycles. The first-order chi connectivity index (χ1) is 6.75. The summed E-state index contributed by atoms with van der Waals surface area (Å²) in [6.07, 6.45) is 3.89. The topological polar surface area (TPSA) is 81.1 Å². The summed E-state index contributed by atoms with van der Waals surface area (Å²) in [7, 11) is 0. The van der Waals surface area contributed by atoms with Crippen molar-refractivity contribution in [1.82, 2.24) is 9.97 Å². The van der Waals surface area contributed by atoms with E-state index in [1.165, 1.54) is 0 Å². The van der Waals surface area contributed by atoms with Crippen molar-refractivity contribution in [2.45, 2.75) is 18.9 Å². The molecule has 1 aliphatic heterocycles. The average Bonchev–Trinajstić information content (AvgIpc) is 2.18. The molecule has 5 heteroatoms. The van der Waals surface area contributed by atoms with Gasteiger partial charge in [-0.25, -0.2) is 4.98 Å². The van der Waals surface area contributed by atoms with Crippen LogP contribution in [0.25, 0.3) is 0 Å². The lowest BCUT2D eigenvalue weighted by Crippen LogP contribution is -2.43. The zero-order valence-corrected chi connectivity index (χ0v) is 8.06. The predicted molar refractivity (Wildman–Crippen MR) is 55.9 cm³/mol. The molecule has 1 fully saturated rings. The minimum atomic E-state index is 0.250. The minimum absolute atomic E-state index is 0.250. The van der Waals surface area contributed by atoms with Crippen molar-refractivity contribution in [3.05, 3.63) is 12.3 Å². The van der Waals surface area contributed by atoms with Gasteiger partial charge in [-0.1, -0.05) is 0 Å². The van der Waals surface area contributed by atoms with Gasteiger partial charge >= 0.3 is 0 Å². The van der Waals surface area contributed by atoms with E-state index >= 15 is 0 Å². The van der Waals surface area contributed by atoms with Gasteiger partial charge in [0.2, 0.25) is 5.95 Å². The van der Waals surface area contributed by atoms with Crippen molar-refractivity contribution < 1.29 is 0 Å². The maximum absolute atomic E-state index is 5.88. The van der Waals surface area contributed by atoms with Crippen LogP contribution in [0.3, 0.4) is 0 Å². The first-order valence-corrected chi connectivity index (χ1v) is 4.85. The highest BCUT2D eigenvalue weighted by atomic mass is 15.2. The summed E-state index contributed by atoms with van der Waals surface area (Å²) >= 11 is 0. The number of anilines is 2. The second-order valence-corrected chi connectivity index (χ2v) is 3.62. The monoisotopic (exact) mass is 193 g/mol. The molecule has 1 saturated heterocycles. The molecule has 0 bridgehead atoms.